The largest absolute Gasteiger partial charge is 0.380 e. The van der Waals surface area contributed by atoms with Crippen LogP contribution in [0.25, 0.3) is 0 Å². The van der Waals surface area contributed by atoms with Gasteiger partial charge in [0, 0.05) is 25.1 Å². The van der Waals surface area contributed by atoms with Crippen LogP contribution in [0.1, 0.15) is 50.9 Å². The van der Waals surface area contributed by atoms with Crippen LogP contribution in [0.15, 0.2) is 0 Å². The number of anilines is 2. The van der Waals surface area contributed by atoms with Crippen molar-refractivity contribution in [2.45, 2.75) is 52.5 Å². The Kier molecular flexibility index (Phi) is 5.39. The van der Waals surface area contributed by atoms with Crippen molar-refractivity contribution >= 4 is 11.6 Å². The van der Waals surface area contributed by atoms with Crippen molar-refractivity contribution < 1.29 is 4.74 Å². The van der Waals surface area contributed by atoms with Gasteiger partial charge in [0.15, 0.2) is 0 Å². The van der Waals surface area contributed by atoms with E-state index in [-0.39, 0.29) is 6.04 Å². The van der Waals surface area contributed by atoms with Crippen LogP contribution in [0.3, 0.4) is 0 Å². The van der Waals surface area contributed by atoms with Crippen LogP contribution in [0, 0.1) is 12.8 Å². The van der Waals surface area contributed by atoms with E-state index in [9.17, 15) is 0 Å². The molecule has 1 saturated carbocycles. The van der Waals surface area contributed by atoms with Crippen molar-refractivity contribution in [1.82, 2.24) is 9.97 Å². The average molecular weight is 292 g/mol. The van der Waals surface area contributed by atoms with E-state index < -0.39 is 0 Å². The van der Waals surface area contributed by atoms with Crippen LogP contribution >= 0.6 is 0 Å². The van der Waals surface area contributed by atoms with Gasteiger partial charge in [-0.2, -0.15) is 0 Å². The molecule has 118 valence electrons. The summed E-state index contributed by atoms with van der Waals surface area (Å²) in [5, 5.41) is 6.75. The van der Waals surface area contributed by atoms with Gasteiger partial charge in [-0.3, -0.25) is 0 Å². The molecule has 0 amide bonds. The number of aromatic nitrogens is 2. The number of nitrogens with zero attached hydrogens (tertiary/aromatic N) is 2. The lowest BCUT2D eigenvalue weighted by molar-refractivity contribution is 0.126. The summed E-state index contributed by atoms with van der Waals surface area (Å²) in [6, 6.07) is 0.260. The molecule has 1 aliphatic carbocycles. The first kappa shape index (κ1) is 16.0. The maximum atomic E-state index is 5.59. The number of ether oxygens (including phenoxy) is 1. The lowest BCUT2D eigenvalue weighted by Crippen LogP contribution is -2.32. The SMILES string of the molecule is CCOCC(Nc1nc(C2CC2)nc(NC)c1C)C(C)C. The molecule has 0 aromatic carbocycles. The molecule has 21 heavy (non-hydrogen) atoms. The molecule has 1 aromatic heterocycles. The zero-order valence-corrected chi connectivity index (χ0v) is 13.9. The minimum absolute atomic E-state index is 0.260. The van der Waals surface area contributed by atoms with Crippen LogP contribution in [0.2, 0.25) is 0 Å². The van der Waals surface area contributed by atoms with Crippen molar-refractivity contribution in [3.8, 4) is 0 Å². The molecule has 1 aromatic rings. The normalized spacial score (nSPS) is 16.1. The van der Waals surface area contributed by atoms with Crippen LogP contribution < -0.4 is 10.6 Å². The van der Waals surface area contributed by atoms with E-state index in [0.29, 0.717) is 18.4 Å². The molecule has 0 bridgehead atoms. The van der Waals surface area contributed by atoms with Gasteiger partial charge in [0.2, 0.25) is 0 Å². The number of rotatable bonds is 8. The summed E-state index contributed by atoms with van der Waals surface area (Å²) in [4.78, 5) is 9.39. The highest BCUT2D eigenvalue weighted by Crippen LogP contribution is 2.39. The molecule has 2 N–H and O–H groups in total. The number of hydrogen-bond donors (Lipinski definition) is 2. The van der Waals surface area contributed by atoms with Gasteiger partial charge in [0.25, 0.3) is 0 Å². The molecule has 0 aliphatic heterocycles. The third kappa shape index (κ3) is 4.06. The summed E-state index contributed by atoms with van der Waals surface area (Å²) < 4.78 is 5.59. The second-order valence-corrected chi connectivity index (χ2v) is 6.08. The third-order valence-corrected chi connectivity index (χ3v) is 3.97. The highest BCUT2D eigenvalue weighted by Gasteiger charge is 2.28. The zero-order chi connectivity index (χ0) is 15.4. The summed E-state index contributed by atoms with van der Waals surface area (Å²) in [6.45, 7) is 9.93. The fourth-order valence-electron chi connectivity index (χ4n) is 2.26. The molecular formula is C16H28N4O. The van der Waals surface area contributed by atoms with Crippen LogP contribution in [-0.2, 0) is 4.74 Å². The van der Waals surface area contributed by atoms with Gasteiger partial charge < -0.3 is 15.4 Å². The highest BCUT2D eigenvalue weighted by atomic mass is 16.5. The molecule has 0 saturated heterocycles. The minimum Gasteiger partial charge on any atom is -0.380 e. The van der Waals surface area contributed by atoms with Gasteiger partial charge in [-0.25, -0.2) is 9.97 Å². The van der Waals surface area contributed by atoms with Crippen molar-refractivity contribution in [3.05, 3.63) is 11.4 Å². The molecule has 0 spiro atoms. The van der Waals surface area contributed by atoms with E-state index in [4.69, 9.17) is 9.72 Å². The van der Waals surface area contributed by atoms with Gasteiger partial charge in [-0.15, -0.1) is 0 Å². The summed E-state index contributed by atoms with van der Waals surface area (Å²) in [5.74, 6) is 3.85. The van der Waals surface area contributed by atoms with Crippen molar-refractivity contribution in [1.29, 1.82) is 0 Å². The van der Waals surface area contributed by atoms with E-state index >= 15 is 0 Å². The van der Waals surface area contributed by atoms with Gasteiger partial charge in [0.1, 0.15) is 17.5 Å². The molecule has 0 radical (unpaired) electrons. The van der Waals surface area contributed by atoms with E-state index in [0.717, 1.165) is 29.6 Å². The van der Waals surface area contributed by atoms with E-state index in [1.54, 1.807) is 0 Å². The lowest BCUT2D eigenvalue weighted by atomic mass is 10.1. The fraction of sp³-hybridized carbons (Fsp3) is 0.750. The molecule has 1 unspecified atom stereocenters. The molecule has 2 rings (SSSR count). The lowest BCUT2D eigenvalue weighted by Gasteiger charge is -2.24. The van der Waals surface area contributed by atoms with Crippen molar-refractivity contribution in [2.75, 3.05) is 30.9 Å². The third-order valence-electron chi connectivity index (χ3n) is 3.97. The van der Waals surface area contributed by atoms with Gasteiger partial charge in [0.05, 0.1) is 12.6 Å². The van der Waals surface area contributed by atoms with E-state index in [1.165, 1.54) is 12.8 Å². The average Bonchev–Trinajstić information content (AvgIpc) is 3.29. The van der Waals surface area contributed by atoms with E-state index in [2.05, 4.69) is 36.4 Å². The first-order valence-electron chi connectivity index (χ1n) is 7.97. The monoisotopic (exact) mass is 292 g/mol. The van der Waals surface area contributed by atoms with Crippen molar-refractivity contribution in [2.24, 2.45) is 5.92 Å². The smallest absolute Gasteiger partial charge is 0.136 e. The van der Waals surface area contributed by atoms with Crippen LogP contribution in [0.5, 0.6) is 0 Å². The number of nitrogens with one attached hydrogen (secondary N) is 2. The summed E-state index contributed by atoms with van der Waals surface area (Å²) in [7, 11) is 1.91. The Hall–Kier alpha value is -1.36. The molecular weight excluding hydrogens is 264 g/mol. The molecule has 1 heterocycles. The maximum Gasteiger partial charge on any atom is 0.136 e. The predicted octanol–water partition coefficient (Wildman–Crippen LogP) is 3.18. The maximum absolute atomic E-state index is 5.59. The summed E-state index contributed by atoms with van der Waals surface area (Å²) in [6.07, 6.45) is 2.41. The summed E-state index contributed by atoms with van der Waals surface area (Å²) in [5.41, 5.74) is 1.07. The quantitative estimate of drug-likeness (QED) is 0.770. The van der Waals surface area contributed by atoms with Crippen molar-refractivity contribution in [3.63, 3.8) is 0 Å². The molecule has 1 fully saturated rings. The first-order chi connectivity index (χ1) is 10.1. The highest BCUT2D eigenvalue weighted by molar-refractivity contribution is 5.57. The fourth-order valence-corrected chi connectivity index (χ4v) is 2.26. The predicted molar refractivity (Wildman–Crippen MR) is 87.0 cm³/mol. The molecule has 1 aliphatic rings. The van der Waals surface area contributed by atoms with Gasteiger partial charge in [-0.05, 0) is 32.6 Å². The molecule has 5 nitrogen and oxygen atoms in total. The Morgan fingerprint density at radius 1 is 1.24 bits per heavy atom. The van der Waals surface area contributed by atoms with Gasteiger partial charge >= 0.3 is 0 Å². The van der Waals surface area contributed by atoms with Crippen LogP contribution in [-0.4, -0.2) is 36.3 Å². The number of hydrogen-bond acceptors (Lipinski definition) is 5. The van der Waals surface area contributed by atoms with Gasteiger partial charge in [-0.1, -0.05) is 13.8 Å². The Morgan fingerprint density at radius 2 is 1.90 bits per heavy atom. The Morgan fingerprint density at radius 3 is 2.43 bits per heavy atom. The zero-order valence-electron chi connectivity index (χ0n) is 13.9. The Labute approximate surface area is 127 Å². The Balaban J connectivity index is 2.21. The summed E-state index contributed by atoms with van der Waals surface area (Å²) >= 11 is 0. The standard InChI is InChI=1S/C16H28N4O/c1-6-21-9-13(10(2)3)18-15-11(4)14(17-5)19-16(20-15)12-7-8-12/h10,12-13H,6-9H2,1-5H3,(H2,17,18,19,20). The molecule has 5 heteroatoms. The first-order valence-corrected chi connectivity index (χ1v) is 7.97. The second-order valence-electron chi connectivity index (χ2n) is 6.08. The second kappa shape index (κ2) is 7.07. The minimum atomic E-state index is 0.260. The molecule has 1 atom stereocenters. The van der Waals surface area contributed by atoms with Crippen LogP contribution in [0.4, 0.5) is 11.6 Å². The topological polar surface area (TPSA) is 59.1 Å². The van der Waals surface area contributed by atoms with E-state index in [1.807, 2.05) is 14.0 Å². The Bertz CT molecular complexity index is 472.